The first-order valence-corrected chi connectivity index (χ1v) is 12.0. The lowest BCUT2D eigenvalue weighted by molar-refractivity contribution is -0.141. The van der Waals surface area contributed by atoms with Crippen molar-refractivity contribution in [3.8, 4) is 0 Å². The summed E-state index contributed by atoms with van der Waals surface area (Å²) in [5.41, 5.74) is 2.40. The fourth-order valence-electron chi connectivity index (χ4n) is 3.91. The lowest BCUT2D eigenvalue weighted by Crippen LogP contribution is -2.50. The molecule has 0 fully saturated rings. The van der Waals surface area contributed by atoms with Crippen LogP contribution < -0.4 is 5.32 Å². The lowest BCUT2D eigenvalue weighted by Gasteiger charge is -2.32. The number of unbranched alkanes of at least 4 members (excludes halogenated alkanes) is 1. The molecule has 0 saturated heterocycles. The molecule has 0 heterocycles. The van der Waals surface area contributed by atoms with E-state index in [4.69, 9.17) is 0 Å². The molecule has 1 N–H and O–H groups in total. The van der Waals surface area contributed by atoms with Gasteiger partial charge in [-0.05, 0) is 30.0 Å². The molecular formula is C29H33FN2O2. The molecule has 1 atom stereocenters. The number of nitrogens with zero attached hydrogens (tertiary/aromatic N) is 1. The summed E-state index contributed by atoms with van der Waals surface area (Å²) in [4.78, 5) is 28.4. The monoisotopic (exact) mass is 460 g/mol. The fourth-order valence-corrected chi connectivity index (χ4v) is 3.91. The number of carbonyl (C=O) groups is 2. The summed E-state index contributed by atoms with van der Waals surface area (Å²) in [7, 11) is 0. The van der Waals surface area contributed by atoms with E-state index >= 15 is 0 Å². The predicted octanol–water partition coefficient (Wildman–Crippen LogP) is 5.31. The van der Waals surface area contributed by atoms with Crippen molar-refractivity contribution >= 4 is 11.8 Å². The van der Waals surface area contributed by atoms with Crippen LogP contribution in [0.3, 0.4) is 0 Å². The minimum atomic E-state index is -0.734. The Bertz CT molecular complexity index is 1040. The molecular weight excluding hydrogens is 427 g/mol. The maximum absolute atomic E-state index is 14.6. The largest absolute Gasteiger partial charge is 0.354 e. The van der Waals surface area contributed by atoms with Crippen LogP contribution >= 0.6 is 0 Å². The highest BCUT2D eigenvalue weighted by molar-refractivity contribution is 5.88. The van der Waals surface area contributed by atoms with E-state index in [-0.39, 0.29) is 30.6 Å². The molecule has 2 amide bonds. The molecule has 178 valence electrons. The average Bonchev–Trinajstić information content (AvgIpc) is 2.87. The van der Waals surface area contributed by atoms with Gasteiger partial charge in [0.25, 0.3) is 0 Å². The summed E-state index contributed by atoms with van der Waals surface area (Å²) in [5.74, 6) is -0.756. The van der Waals surface area contributed by atoms with Gasteiger partial charge >= 0.3 is 0 Å². The Balaban J connectivity index is 1.89. The quantitative estimate of drug-likeness (QED) is 0.372. The predicted molar refractivity (Wildman–Crippen MR) is 134 cm³/mol. The van der Waals surface area contributed by atoms with Gasteiger partial charge in [0.1, 0.15) is 11.9 Å². The molecule has 4 nitrogen and oxygen atoms in total. The van der Waals surface area contributed by atoms with Gasteiger partial charge in [0.15, 0.2) is 0 Å². The first-order valence-electron chi connectivity index (χ1n) is 12.0. The second-order valence-electron chi connectivity index (χ2n) is 8.45. The SMILES string of the molecule is CCCCNC(=O)C(Cc1ccccc1)N(Cc1ccccc1F)C(=O)CCc1ccccc1. The van der Waals surface area contributed by atoms with Crippen molar-refractivity contribution < 1.29 is 14.0 Å². The molecule has 0 aliphatic rings. The molecule has 0 spiro atoms. The van der Waals surface area contributed by atoms with Crippen molar-refractivity contribution in [2.45, 2.75) is 51.6 Å². The van der Waals surface area contributed by atoms with Gasteiger partial charge in [0.2, 0.25) is 11.8 Å². The second kappa shape index (κ2) is 13.3. The van der Waals surface area contributed by atoms with E-state index in [1.807, 2.05) is 60.7 Å². The van der Waals surface area contributed by atoms with Crippen LogP contribution in [-0.2, 0) is 29.0 Å². The standard InChI is InChI=1S/C29H33FN2O2/c1-2-3-20-31-29(34)27(21-24-14-8-5-9-15-24)32(22-25-16-10-11-17-26(25)30)28(33)19-18-23-12-6-4-7-13-23/h4-17,27H,2-3,18-22H2,1H3,(H,31,34). The summed E-state index contributed by atoms with van der Waals surface area (Å²) >= 11 is 0. The molecule has 3 rings (SSSR count). The van der Waals surface area contributed by atoms with Crippen LogP contribution in [0.1, 0.15) is 42.9 Å². The van der Waals surface area contributed by atoms with Gasteiger partial charge in [-0.3, -0.25) is 9.59 Å². The first-order chi connectivity index (χ1) is 16.6. The highest BCUT2D eigenvalue weighted by atomic mass is 19.1. The summed E-state index contributed by atoms with van der Waals surface area (Å²) in [5, 5.41) is 2.99. The summed E-state index contributed by atoms with van der Waals surface area (Å²) in [6, 6.07) is 25.1. The van der Waals surface area contributed by atoms with Crippen LogP contribution in [0.15, 0.2) is 84.9 Å². The fraction of sp³-hybridized carbons (Fsp3) is 0.310. The molecule has 0 radical (unpaired) electrons. The van der Waals surface area contributed by atoms with Crippen LogP contribution in [0.5, 0.6) is 0 Å². The molecule has 0 aliphatic heterocycles. The number of nitrogens with one attached hydrogen (secondary N) is 1. The maximum atomic E-state index is 14.6. The number of carbonyl (C=O) groups excluding carboxylic acids is 2. The average molecular weight is 461 g/mol. The molecule has 0 aromatic heterocycles. The summed E-state index contributed by atoms with van der Waals surface area (Å²) in [6.45, 7) is 2.65. The zero-order valence-electron chi connectivity index (χ0n) is 19.8. The Hall–Kier alpha value is -3.47. The Morgan fingerprint density at radius 2 is 1.50 bits per heavy atom. The molecule has 3 aromatic rings. The minimum absolute atomic E-state index is 0.0407. The van der Waals surface area contributed by atoms with E-state index in [2.05, 4.69) is 12.2 Å². The van der Waals surface area contributed by atoms with Crippen LogP contribution in [0.4, 0.5) is 4.39 Å². The van der Waals surface area contributed by atoms with Gasteiger partial charge < -0.3 is 10.2 Å². The Kier molecular flexibility index (Phi) is 9.83. The zero-order chi connectivity index (χ0) is 24.2. The summed E-state index contributed by atoms with van der Waals surface area (Å²) < 4.78 is 14.6. The van der Waals surface area contributed by atoms with E-state index in [1.54, 1.807) is 23.1 Å². The van der Waals surface area contributed by atoms with E-state index in [9.17, 15) is 14.0 Å². The van der Waals surface area contributed by atoms with Crippen molar-refractivity contribution in [1.82, 2.24) is 10.2 Å². The van der Waals surface area contributed by atoms with Crippen LogP contribution in [0, 0.1) is 5.82 Å². The number of rotatable bonds is 12. The number of hydrogen-bond donors (Lipinski definition) is 1. The smallest absolute Gasteiger partial charge is 0.243 e. The summed E-state index contributed by atoms with van der Waals surface area (Å²) in [6.07, 6.45) is 2.98. The highest BCUT2D eigenvalue weighted by Gasteiger charge is 2.30. The number of halogens is 1. The molecule has 0 bridgehead atoms. The van der Waals surface area contributed by atoms with Gasteiger partial charge in [-0.15, -0.1) is 0 Å². The van der Waals surface area contributed by atoms with Gasteiger partial charge in [-0.2, -0.15) is 0 Å². The highest BCUT2D eigenvalue weighted by Crippen LogP contribution is 2.18. The van der Waals surface area contributed by atoms with E-state index in [0.29, 0.717) is 24.9 Å². The van der Waals surface area contributed by atoms with E-state index < -0.39 is 6.04 Å². The van der Waals surface area contributed by atoms with Crippen molar-refractivity contribution in [2.75, 3.05) is 6.54 Å². The third-order valence-corrected chi connectivity index (χ3v) is 5.87. The van der Waals surface area contributed by atoms with Crippen molar-refractivity contribution in [1.29, 1.82) is 0 Å². The molecule has 34 heavy (non-hydrogen) atoms. The van der Waals surface area contributed by atoms with Gasteiger partial charge in [-0.1, -0.05) is 92.2 Å². The Labute approximate surface area is 201 Å². The third-order valence-electron chi connectivity index (χ3n) is 5.87. The zero-order valence-corrected chi connectivity index (χ0v) is 19.8. The Morgan fingerprint density at radius 1 is 0.882 bits per heavy atom. The lowest BCUT2D eigenvalue weighted by atomic mass is 10.0. The van der Waals surface area contributed by atoms with Crippen LogP contribution in [0.2, 0.25) is 0 Å². The van der Waals surface area contributed by atoms with Crippen molar-refractivity contribution in [3.05, 3.63) is 107 Å². The van der Waals surface area contributed by atoms with Crippen molar-refractivity contribution in [2.24, 2.45) is 0 Å². The Morgan fingerprint density at radius 3 is 2.15 bits per heavy atom. The molecule has 1 unspecified atom stereocenters. The van der Waals surface area contributed by atoms with E-state index in [0.717, 1.165) is 24.0 Å². The number of amides is 2. The van der Waals surface area contributed by atoms with Gasteiger partial charge in [0, 0.05) is 31.5 Å². The number of hydrogen-bond acceptors (Lipinski definition) is 2. The van der Waals surface area contributed by atoms with Gasteiger partial charge in [-0.25, -0.2) is 4.39 Å². The van der Waals surface area contributed by atoms with E-state index in [1.165, 1.54) is 6.07 Å². The van der Waals surface area contributed by atoms with Crippen LogP contribution in [-0.4, -0.2) is 29.3 Å². The molecule has 0 saturated carbocycles. The number of aryl methyl sites for hydroxylation is 1. The normalized spacial score (nSPS) is 11.6. The molecule has 0 aliphatic carbocycles. The molecule has 5 heteroatoms. The molecule has 3 aromatic carbocycles. The first kappa shape index (κ1) is 25.2. The second-order valence-corrected chi connectivity index (χ2v) is 8.45. The topological polar surface area (TPSA) is 49.4 Å². The maximum Gasteiger partial charge on any atom is 0.243 e. The minimum Gasteiger partial charge on any atom is -0.354 e. The van der Waals surface area contributed by atoms with Crippen LogP contribution in [0.25, 0.3) is 0 Å². The third kappa shape index (κ3) is 7.55. The van der Waals surface area contributed by atoms with Crippen molar-refractivity contribution in [3.63, 3.8) is 0 Å². The number of benzene rings is 3. The van der Waals surface area contributed by atoms with Gasteiger partial charge in [0.05, 0.1) is 0 Å².